The molecule has 2 fully saturated rings. The summed E-state index contributed by atoms with van der Waals surface area (Å²) in [5.74, 6) is 0. The fourth-order valence-corrected chi connectivity index (χ4v) is 3.92. The molecule has 1 aliphatic carbocycles. The number of fused-ring (bicyclic) bond motifs is 1. The summed E-state index contributed by atoms with van der Waals surface area (Å²) >= 11 is 3.59. The minimum absolute atomic E-state index is 0.163. The van der Waals surface area contributed by atoms with Gasteiger partial charge < -0.3 is 15.3 Å². The number of anilines is 1. The maximum absolute atomic E-state index is 11.4. The number of halogens is 1. The van der Waals surface area contributed by atoms with Crippen LogP contribution in [0.1, 0.15) is 26.2 Å². The lowest BCUT2D eigenvalue weighted by atomic mass is 10.2. The Morgan fingerprint density at radius 2 is 2.00 bits per heavy atom. The number of rotatable bonds is 3. The zero-order chi connectivity index (χ0) is 14.6. The molecule has 6 heteroatoms. The van der Waals surface area contributed by atoms with Crippen LogP contribution in [0.2, 0.25) is 0 Å². The van der Waals surface area contributed by atoms with Gasteiger partial charge in [-0.25, -0.2) is 4.79 Å². The quantitative estimate of drug-likeness (QED) is 0.797. The minimum Gasteiger partial charge on any atom is -0.380 e. The van der Waals surface area contributed by atoms with Gasteiger partial charge in [-0.2, -0.15) is 0 Å². The van der Waals surface area contributed by atoms with E-state index in [1.807, 2.05) is 12.1 Å². The Morgan fingerprint density at radius 1 is 1.29 bits per heavy atom. The highest BCUT2D eigenvalue weighted by Crippen LogP contribution is 2.35. The first-order valence-corrected chi connectivity index (χ1v) is 8.33. The van der Waals surface area contributed by atoms with Crippen LogP contribution in [-0.2, 0) is 0 Å². The second kappa shape index (κ2) is 4.88. The number of likely N-dealkylation sites (tertiary alicyclic amines) is 1. The first-order chi connectivity index (χ1) is 10.1. The molecule has 0 radical (unpaired) electrons. The molecule has 1 aromatic heterocycles. The van der Waals surface area contributed by atoms with E-state index in [-0.39, 0.29) is 5.69 Å². The summed E-state index contributed by atoms with van der Waals surface area (Å²) in [6, 6.07) is 5.90. The van der Waals surface area contributed by atoms with Crippen molar-refractivity contribution in [1.82, 2.24) is 14.9 Å². The van der Waals surface area contributed by atoms with Crippen LogP contribution in [0, 0.1) is 0 Å². The van der Waals surface area contributed by atoms with E-state index in [0.29, 0.717) is 12.1 Å². The van der Waals surface area contributed by atoms with Crippen molar-refractivity contribution in [2.24, 2.45) is 0 Å². The molecule has 1 aliphatic heterocycles. The Labute approximate surface area is 131 Å². The van der Waals surface area contributed by atoms with Crippen molar-refractivity contribution in [3.8, 4) is 0 Å². The molecule has 2 aliphatic rings. The van der Waals surface area contributed by atoms with Crippen LogP contribution < -0.4 is 11.0 Å². The van der Waals surface area contributed by atoms with Gasteiger partial charge in [-0.15, -0.1) is 0 Å². The van der Waals surface area contributed by atoms with Gasteiger partial charge in [0.2, 0.25) is 0 Å². The molecule has 0 spiro atoms. The number of nitrogens with one attached hydrogen (secondary N) is 3. The summed E-state index contributed by atoms with van der Waals surface area (Å²) in [6.45, 7) is 3.43. The average Bonchev–Trinajstić information content (AvgIpc) is 3.11. The molecule has 1 aromatic carbocycles. The fraction of sp³-hybridized carbons (Fsp3) is 0.533. The Balaban J connectivity index is 1.56. The number of aromatic nitrogens is 2. The third-order valence-electron chi connectivity index (χ3n) is 4.60. The van der Waals surface area contributed by atoms with Crippen molar-refractivity contribution >= 4 is 32.7 Å². The molecule has 2 heterocycles. The first kappa shape index (κ1) is 13.4. The average molecular weight is 351 g/mol. The van der Waals surface area contributed by atoms with Gasteiger partial charge in [0.25, 0.3) is 0 Å². The number of nitrogens with zero attached hydrogens (tertiary/aromatic N) is 1. The van der Waals surface area contributed by atoms with Crippen molar-refractivity contribution in [3.05, 3.63) is 27.1 Å². The summed E-state index contributed by atoms with van der Waals surface area (Å²) in [7, 11) is 0. The highest BCUT2D eigenvalue weighted by atomic mass is 79.9. The van der Waals surface area contributed by atoms with Crippen molar-refractivity contribution in [2.75, 3.05) is 11.9 Å². The highest BCUT2D eigenvalue weighted by molar-refractivity contribution is 9.10. The van der Waals surface area contributed by atoms with Crippen molar-refractivity contribution < 1.29 is 0 Å². The molecular formula is C15H19BrN4O. The van der Waals surface area contributed by atoms with E-state index >= 15 is 0 Å². The predicted molar refractivity (Wildman–Crippen MR) is 87.8 cm³/mol. The number of benzene rings is 1. The second-order valence-electron chi connectivity index (χ2n) is 6.31. The third-order valence-corrected chi connectivity index (χ3v) is 5.26. The monoisotopic (exact) mass is 350 g/mol. The molecule has 1 saturated carbocycles. The summed E-state index contributed by atoms with van der Waals surface area (Å²) in [4.78, 5) is 19.6. The van der Waals surface area contributed by atoms with Crippen LogP contribution in [0.4, 0.5) is 5.69 Å². The fourth-order valence-electron chi connectivity index (χ4n) is 3.46. The van der Waals surface area contributed by atoms with Gasteiger partial charge in [0.05, 0.1) is 16.7 Å². The number of hydrogen-bond donors (Lipinski definition) is 3. The standard InChI is InChI=1S/C15H19BrN4O/c1-8-4-9(7-20(8)10-2-3-10)17-12-6-14-13(5-11(12)16)18-15(21)19-14/h5-6,8-10,17H,2-4,7H2,1H3,(H2,18,19,21). The largest absolute Gasteiger partial charge is 0.380 e. The predicted octanol–water partition coefficient (Wildman–Crippen LogP) is 2.66. The number of H-pyrrole nitrogens is 2. The zero-order valence-corrected chi connectivity index (χ0v) is 13.5. The SMILES string of the molecule is CC1CC(Nc2cc3[nH]c(=O)[nH]c3cc2Br)CN1C1CC1. The highest BCUT2D eigenvalue weighted by Gasteiger charge is 2.38. The molecule has 112 valence electrons. The van der Waals surface area contributed by atoms with Crippen LogP contribution in [0.15, 0.2) is 21.4 Å². The van der Waals surface area contributed by atoms with Crippen molar-refractivity contribution in [3.63, 3.8) is 0 Å². The number of aromatic amines is 2. The van der Waals surface area contributed by atoms with Crippen molar-refractivity contribution in [2.45, 2.75) is 44.3 Å². The van der Waals surface area contributed by atoms with E-state index < -0.39 is 0 Å². The lowest BCUT2D eigenvalue weighted by Gasteiger charge is -2.20. The van der Waals surface area contributed by atoms with E-state index in [2.05, 4.69) is 43.0 Å². The maximum Gasteiger partial charge on any atom is 0.323 e. The van der Waals surface area contributed by atoms with Gasteiger partial charge >= 0.3 is 5.69 Å². The number of imidazole rings is 1. The van der Waals surface area contributed by atoms with Gasteiger partial charge in [0.15, 0.2) is 0 Å². The topological polar surface area (TPSA) is 63.9 Å². The second-order valence-corrected chi connectivity index (χ2v) is 7.17. The van der Waals surface area contributed by atoms with Gasteiger partial charge in [0.1, 0.15) is 0 Å². The van der Waals surface area contributed by atoms with Gasteiger partial charge in [-0.3, -0.25) is 4.90 Å². The lowest BCUT2D eigenvalue weighted by Crippen LogP contribution is -2.31. The van der Waals surface area contributed by atoms with E-state index in [4.69, 9.17) is 0 Å². The van der Waals surface area contributed by atoms with E-state index in [1.54, 1.807) is 0 Å². The van der Waals surface area contributed by atoms with E-state index in [1.165, 1.54) is 19.3 Å². The molecule has 5 nitrogen and oxygen atoms in total. The summed E-state index contributed by atoms with van der Waals surface area (Å²) in [6.07, 6.45) is 3.89. The lowest BCUT2D eigenvalue weighted by molar-refractivity contribution is 0.257. The summed E-state index contributed by atoms with van der Waals surface area (Å²) in [5.41, 5.74) is 2.56. The van der Waals surface area contributed by atoms with Crippen LogP contribution in [0.5, 0.6) is 0 Å². The molecule has 2 aromatic rings. The Kier molecular flexibility index (Phi) is 3.11. The third kappa shape index (κ3) is 2.51. The summed E-state index contributed by atoms with van der Waals surface area (Å²) in [5, 5.41) is 3.63. The minimum atomic E-state index is -0.163. The van der Waals surface area contributed by atoms with Gasteiger partial charge in [-0.05, 0) is 54.2 Å². The molecule has 0 bridgehead atoms. The zero-order valence-electron chi connectivity index (χ0n) is 11.9. The molecule has 3 N–H and O–H groups in total. The molecule has 4 rings (SSSR count). The maximum atomic E-state index is 11.4. The van der Waals surface area contributed by atoms with Gasteiger partial charge in [-0.1, -0.05) is 0 Å². The molecule has 21 heavy (non-hydrogen) atoms. The number of hydrogen-bond acceptors (Lipinski definition) is 3. The molecule has 2 atom stereocenters. The molecular weight excluding hydrogens is 332 g/mol. The van der Waals surface area contributed by atoms with Crippen LogP contribution in [0.25, 0.3) is 11.0 Å². The molecule has 2 unspecified atom stereocenters. The Hall–Kier alpha value is -1.27. The molecule has 1 saturated heterocycles. The van der Waals surface area contributed by atoms with Crippen LogP contribution in [0.3, 0.4) is 0 Å². The van der Waals surface area contributed by atoms with Gasteiger partial charge in [0, 0.05) is 29.1 Å². The van der Waals surface area contributed by atoms with E-state index in [0.717, 1.165) is 33.8 Å². The Bertz CT molecular complexity index is 733. The van der Waals surface area contributed by atoms with E-state index in [9.17, 15) is 4.79 Å². The Morgan fingerprint density at radius 3 is 2.71 bits per heavy atom. The summed E-state index contributed by atoms with van der Waals surface area (Å²) < 4.78 is 0.989. The van der Waals surface area contributed by atoms with Crippen LogP contribution in [-0.4, -0.2) is 39.5 Å². The van der Waals surface area contributed by atoms with Crippen molar-refractivity contribution in [1.29, 1.82) is 0 Å². The molecule has 0 amide bonds. The smallest absolute Gasteiger partial charge is 0.323 e. The van der Waals surface area contributed by atoms with Crippen LogP contribution >= 0.6 is 15.9 Å². The normalized spacial score (nSPS) is 26.6. The first-order valence-electron chi connectivity index (χ1n) is 7.54.